The number of nitrogens with zero attached hydrogens (tertiary/aromatic N) is 2. The Labute approximate surface area is 125 Å². The van der Waals surface area contributed by atoms with Crippen LogP contribution < -0.4 is 5.32 Å². The van der Waals surface area contributed by atoms with Crippen molar-refractivity contribution < 1.29 is 0 Å². The van der Waals surface area contributed by atoms with Crippen LogP contribution in [0.3, 0.4) is 0 Å². The van der Waals surface area contributed by atoms with Gasteiger partial charge in [-0.15, -0.1) is 21.5 Å². The molecule has 0 atom stereocenters. The van der Waals surface area contributed by atoms with Gasteiger partial charge in [0.15, 0.2) is 0 Å². The highest BCUT2D eigenvalue weighted by molar-refractivity contribution is 7.11. The van der Waals surface area contributed by atoms with Gasteiger partial charge in [0.2, 0.25) is 0 Å². The molecule has 2 aromatic rings. The Hall–Kier alpha value is -1.26. The number of nitrogens with one attached hydrogen (secondary N) is 1. The molecule has 3 nitrogen and oxygen atoms in total. The maximum atomic E-state index is 4.30. The Morgan fingerprint density at radius 1 is 1.10 bits per heavy atom. The summed E-state index contributed by atoms with van der Waals surface area (Å²) in [6.07, 6.45) is 3.03. The van der Waals surface area contributed by atoms with Gasteiger partial charge >= 0.3 is 0 Å². The van der Waals surface area contributed by atoms with E-state index in [4.69, 9.17) is 0 Å². The predicted octanol–water partition coefficient (Wildman–Crippen LogP) is 3.37. The average Bonchev–Trinajstić information content (AvgIpc) is 2.85. The summed E-state index contributed by atoms with van der Waals surface area (Å²) in [5, 5.41) is 14.3. The van der Waals surface area contributed by atoms with Crippen LogP contribution in [0.5, 0.6) is 0 Å². The lowest BCUT2D eigenvalue weighted by Gasteiger charge is -2.05. The molecule has 4 heteroatoms. The first-order chi connectivity index (χ1) is 9.63. The Morgan fingerprint density at radius 3 is 2.50 bits per heavy atom. The number of aryl methyl sites for hydroxylation is 2. The number of benzene rings is 1. The number of aromatic nitrogens is 2. The first-order valence-corrected chi connectivity index (χ1v) is 8.05. The van der Waals surface area contributed by atoms with Gasteiger partial charge in [0.25, 0.3) is 0 Å². The number of hydrogen-bond donors (Lipinski definition) is 1. The molecular weight excluding hydrogens is 266 g/mol. The Bertz CT molecular complexity index is 517. The Balaban J connectivity index is 1.81. The molecule has 0 bridgehead atoms. The van der Waals surface area contributed by atoms with E-state index in [1.54, 1.807) is 11.3 Å². The standard InChI is InChI=1S/C16H23N3S/c1-12(2)17-10-4-5-15-18-19-16(20-15)11-14-8-6-13(3)7-9-14/h6-9,12,17H,4-5,10-11H2,1-3H3. The van der Waals surface area contributed by atoms with Crippen LogP contribution in [0.2, 0.25) is 0 Å². The third-order valence-corrected chi connectivity index (χ3v) is 4.09. The molecule has 20 heavy (non-hydrogen) atoms. The second-order valence-electron chi connectivity index (χ2n) is 5.46. The molecule has 0 amide bonds. The maximum absolute atomic E-state index is 4.30. The van der Waals surface area contributed by atoms with Gasteiger partial charge in [-0.1, -0.05) is 43.7 Å². The predicted molar refractivity (Wildman–Crippen MR) is 85.4 cm³/mol. The van der Waals surface area contributed by atoms with Gasteiger partial charge in [-0.2, -0.15) is 0 Å². The minimum atomic E-state index is 0.557. The fourth-order valence-electron chi connectivity index (χ4n) is 1.97. The smallest absolute Gasteiger partial charge is 0.121 e. The topological polar surface area (TPSA) is 37.8 Å². The molecule has 1 aromatic carbocycles. The summed E-state index contributed by atoms with van der Waals surface area (Å²) in [6.45, 7) is 7.50. The van der Waals surface area contributed by atoms with Crippen LogP contribution in [0.1, 0.15) is 41.4 Å². The summed E-state index contributed by atoms with van der Waals surface area (Å²) in [6, 6.07) is 9.19. The fourth-order valence-corrected chi connectivity index (χ4v) is 2.89. The van der Waals surface area contributed by atoms with Gasteiger partial charge in [0.05, 0.1) is 0 Å². The van der Waals surface area contributed by atoms with E-state index in [9.17, 15) is 0 Å². The summed E-state index contributed by atoms with van der Waals surface area (Å²) >= 11 is 1.74. The van der Waals surface area contributed by atoms with Crippen molar-refractivity contribution in [3.05, 3.63) is 45.4 Å². The van der Waals surface area contributed by atoms with Crippen molar-refractivity contribution in [3.63, 3.8) is 0 Å². The maximum Gasteiger partial charge on any atom is 0.121 e. The van der Waals surface area contributed by atoms with E-state index >= 15 is 0 Å². The highest BCUT2D eigenvalue weighted by atomic mass is 32.1. The zero-order valence-electron chi connectivity index (χ0n) is 12.5. The van der Waals surface area contributed by atoms with Crippen molar-refractivity contribution in [2.75, 3.05) is 6.54 Å². The Kier molecular flexibility index (Phi) is 5.68. The zero-order valence-corrected chi connectivity index (χ0v) is 13.3. The molecule has 0 aliphatic rings. The fraction of sp³-hybridized carbons (Fsp3) is 0.500. The second kappa shape index (κ2) is 7.50. The van der Waals surface area contributed by atoms with Crippen molar-refractivity contribution in [3.8, 4) is 0 Å². The molecule has 1 aromatic heterocycles. The van der Waals surface area contributed by atoms with Gasteiger partial charge in [-0.05, 0) is 25.5 Å². The summed E-state index contributed by atoms with van der Waals surface area (Å²) in [7, 11) is 0. The minimum absolute atomic E-state index is 0.557. The number of rotatable bonds is 7. The van der Waals surface area contributed by atoms with E-state index in [1.165, 1.54) is 11.1 Å². The third kappa shape index (κ3) is 5.02. The Morgan fingerprint density at radius 2 is 1.80 bits per heavy atom. The molecule has 0 saturated heterocycles. The molecule has 0 unspecified atom stereocenters. The lowest BCUT2D eigenvalue weighted by Crippen LogP contribution is -2.23. The molecule has 0 aliphatic carbocycles. The van der Waals surface area contributed by atoms with Crippen molar-refractivity contribution in [2.45, 2.75) is 46.1 Å². The normalized spacial score (nSPS) is 11.2. The summed E-state index contributed by atoms with van der Waals surface area (Å²) in [5.74, 6) is 0. The second-order valence-corrected chi connectivity index (χ2v) is 6.61. The van der Waals surface area contributed by atoms with Crippen molar-refractivity contribution >= 4 is 11.3 Å². The van der Waals surface area contributed by atoms with Crippen LogP contribution in [0.15, 0.2) is 24.3 Å². The van der Waals surface area contributed by atoms with Crippen LogP contribution in [-0.2, 0) is 12.8 Å². The molecular formula is C16H23N3S. The third-order valence-electron chi connectivity index (χ3n) is 3.10. The summed E-state index contributed by atoms with van der Waals surface area (Å²) in [5.41, 5.74) is 2.60. The van der Waals surface area contributed by atoms with Crippen LogP contribution in [0, 0.1) is 6.92 Å². The highest BCUT2D eigenvalue weighted by Crippen LogP contribution is 2.16. The molecule has 0 aliphatic heterocycles. The molecule has 0 fully saturated rings. The number of hydrogen-bond acceptors (Lipinski definition) is 4. The molecule has 0 radical (unpaired) electrons. The van der Waals surface area contributed by atoms with Crippen LogP contribution in [-0.4, -0.2) is 22.8 Å². The van der Waals surface area contributed by atoms with Crippen molar-refractivity contribution in [1.29, 1.82) is 0 Å². The summed E-state index contributed by atoms with van der Waals surface area (Å²) in [4.78, 5) is 0. The first kappa shape index (κ1) is 15.1. The van der Waals surface area contributed by atoms with Gasteiger partial charge < -0.3 is 5.32 Å². The van der Waals surface area contributed by atoms with E-state index in [2.05, 4.69) is 60.6 Å². The van der Waals surface area contributed by atoms with Crippen molar-refractivity contribution in [1.82, 2.24) is 15.5 Å². The van der Waals surface area contributed by atoms with Crippen LogP contribution in [0.25, 0.3) is 0 Å². The monoisotopic (exact) mass is 289 g/mol. The van der Waals surface area contributed by atoms with Gasteiger partial charge in [0, 0.05) is 18.9 Å². The molecule has 0 saturated carbocycles. The largest absolute Gasteiger partial charge is 0.315 e. The van der Waals surface area contributed by atoms with Crippen LogP contribution in [0.4, 0.5) is 0 Å². The average molecular weight is 289 g/mol. The highest BCUT2D eigenvalue weighted by Gasteiger charge is 2.05. The zero-order chi connectivity index (χ0) is 14.4. The lowest BCUT2D eigenvalue weighted by atomic mass is 10.1. The quantitative estimate of drug-likeness (QED) is 0.794. The van der Waals surface area contributed by atoms with Gasteiger partial charge in [-0.3, -0.25) is 0 Å². The van der Waals surface area contributed by atoms with E-state index < -0.39 is 0 Å². The molecule has 2 rings (SSSR count). The van der Waals surface area contributed by atoms with E-state index in [-0.39, 0.29) is 0 Å². The van der Waals surface area contributed by atoms with Gasteiger partial charge in [-0.25, -0.2) is 0 Å². The molecule has 1 N–H and O–H groups in total. The van der Waals surface area contributed by atoms with E-state index in [0.29, 0.717) is 6.04 Å². The first-order valence-electron chi connectivity index (χ1n) is 7.23. The summed E-state index contributed by atoms with van der Waals surface area (Å²) < 4.78 is 0. The molecule has 1 heterocycles. The van der Waals surface area contributed by atoms with E-state index in [0.717, 1.165) is 35.8 Å². The van der Waals surface area contributed by atoms with Gasteiger partial charge in [0.1, 0.15) is 10.0 Å². The van der Waals surface area contributed by atoms with Crippen molar-refractivity contribution in [2.24, 2.45) is 0 Å². The van der Waals surface area contributed by atoms with E-state index in [1.807, 2.05) is 0 Å². The minimum Gasteiger partial charge on any atom is -0.315 e. The lowest BCUT2D eigenvalue weighted by molar-refractivity contribution is 0.569. The SMILES string of the molecule is Cc1ccc(Cc2nnc(CCCNC(C)C)s2)cc1. The molecule has 0 spiro atoms. The molecule has 108 valence electrons. The van der Waals surface area contributed by atoms with Crippen LogP contribution >= 0.6 is 11.3 Å².